The maximum atomic E-state index is 11.8. The average Bonchev–Trinajstić information content (AvgIpc) is 2.83. The lowest BCUT2D eigenvalue weighted by molar-refractivity contribution is 0.221. The number of urea groups is 1. The minimum Gasteiger partial charge on any atom is -0.323 e. The van der Waals surface area contributed by atoms with Crippen LogP contribution in [0, 0.1) is 0 Å². The average molecular weight is 248 g/mol. The Labute approximate surface area is 103 Å². The molecule has 0 atom stereocenters. The highest BCUT2D eigenvalue weighted by Gasteiger charge is 2.09. The molecule has 0 saturated carbocycles. The van der Waals surface area contributed by atoms with Crippen LogP contribution in [0.1, 0.15) is 5.56 Å². The van der Waals surface area contributed by atoms with Crippen molar-refractivity contribution in [3.05, 3.63) is 42.1 Å². The fraction of sp³-hybridized carbons (Fsp3) is 0.182. The molecule has 0 fully saturated rings. The molecule has 0 bridgehead atoms. The number of nitrogens with zero attached hydrogens (tertiary/aromatic N) is 3. The van der Waals surface area contributed by atoms with E-state index >= 15 is 0 Å². The standard InChI is InChI=1S/C11H12N4OS/c1-15(8-9-5-3-2-4-6-9)11(16)13-10-7-12-14-17-10/h2-7H,8H2,1H3,(H,13,16). The van der Waals surface area contributed by atoms with Gasteiger partial charge in [-0.1, -0.05) is 34.8 Å². The molecule has 0 unspecified atom stereocenters. The van der Waals surface area contributed by atoms with E-state index in [0.717, 1.165) is 17.1 Å². The monoisotopic (exact) mass is 248 g/mol. The SMILES string of the molecule is CN(Cc1ccccc1)C(=O)Nc1cnns1. The lowest BCUT2D eigenvalue weighted by Crippen LogP contribution is -2.30. The summed E-state index contributed by atoms with van der Waals surface area (Å²) in [7, 11) is 1.75. The first-order valence-electron chi connectivity index (χ1n) is 5.09. The number of amides is 2. The molecule has 17 heavy (non-hydrogen) atoms. The molecule has 0 aliphatic carbocycles. The van der Waals surface area contributed by atoms with Crippen molar-refractivity contribution in [1.82, 2.24) is 14.5 Å². The molecule has 0 aliphatic rings. The van der Waals surface area contributed by atoms with Gasteiger partial charge in [0, 0.05) is 25.1 Å². The molecule has 1 aromatic heterocycles. The molecule has 5 nitrogen and oxygen atoms in total. The van der Waals surface area contributed by atoms with E-state index in [4.69, 9.17) is 0 Å². The number of carbonyl (C=O) groups is 1. The first-order valence-corrected chi connectivity index (χ1v) is 5.86. The van der Waals surface area contributed by atoms with Crippen molar-refractivity contribution in [1.29, 1.82) is 0 Å². The van der Waals surface area contributed by atoms with Crippen LogP contribution in [0.25, 0.3) is 0 Å². The number of benzene rings is 1. The summed E-state index contributed by atoms with van der Waals surface area (Å²) in [6.07, 6.45) is 1.53. The number of rotatable bonds is 3. The van der Waals surface area contributed by atoms with Crippen molar-refractivity contribution in [2.45, 2.75) is 6.54 Å². The fourth-order valence-corrected chi connectivity index (χ4v) is 1.76. The van der Waals surface area contributed by atoms with Gasteiger partial charge in [0.15, 0.2) is 0 Å². The summed E-state index contributed by atoms with van der Waals surface area (Å²) < 4.78 is 3.68. The van der Waals surface area contributed by atoms with Crippen molar-refractivity contribution in [3.8, 4) is 0 Å². The van der Waals surface area contributed by atoms with Gasteiger partial charge in [0.1, 0.15) is 5.00 Å². The van der Waals surface area contributed by atoms with Crippen LogP contribution in [0.4, 0.5) is 9.80 Å². The summed E-state index contributed by atoms with van der Waals surface area (Å²) in [6, 6.07) is 9.66. The topological polar surface area (TPSA) is 58.1 Å². The predicted octanol–water partition coefficient (Wildman–Crippen LogP) is 2.20. The Morgan fingerprint density at radius 3 is 2.82 bits per heavy atom. The second-order valence-electron chi connectivity index (χ2n) is 3.55. The molecule has 0 radical (unpaired) electrons. The van der Waals surface area contributed by atoms with Crippen LogP contribution in [-0.4, -0.2) is 27.6 Å². The van der Waals surface area contributed by atoms with E-state index in [2.05, 4.69) is 14.9 Å². The number of hydrogen-bond acceptors (Lipinski definition) is 4. The van der Waals surface area contributed by atoms with Gasteiger partial charge in [0.2, 0.25) is 0 Å². The van der Waals surface area contributed by atoms with Crippen LogP contribution in [0.5, 0.6) is 0 Å². The van der Waals surface area contributed by atoms with E-state index in [1.807, 2.05) is 30.3 Å². The molecule has 2 aromatic rings. The van der Waals surface area contributed by atoms with Crippen LogP contribution in [0.2, 0.25) is 0 Å². The molecule has 1 heterocycles. The van der Waals surface area contributed by atoms with Crippen molar-refractivity contribution in [2.24, 2.45) is 0 Å². The smallest absolute Gasteiger partial charge is 0.322 e. The van der Waals surface area contributed by atoms with Crippen molar-refractivity contribution < 1.29 is 4.79 Å². The van der Waals surface area contributed by atoms with E-state index in [0.29, 0.717) is 11.5 Å². The van der Waals surface area contributed by atoms with Gasteiger partial charge >= 0.3 is 6.03 Å². The number of anilines is 1. The van der Waals surface area contributed by atoms with Gasteiger partial charge in [-0.2, -0.15) is 0 Å². The van der Waals surface area contributed by atoms with Crippen LogP contribution in [0.15, 0.2) is 36.5 Å². The highest BCUT2D eigenvalue weighted by molar-refractivity contribution is 7.10. The lowest BCUT2D eigenvalue weighted by atomic mass is 10.2. The maximum absolute atomic E-state index is 11.8. The molecule has 2 amide bonds. The number of carbonyl (C=O) groups excluding carboxylic acids is 1. The van der Waals surface area contributed by atoms with E-state index in [1.54, 1.807) is 11.9 Å². The van der Waals surface area contributed by atoms with Gasteiger partial charge in [-0.3, -0.25) is 5.32 Å². The Balaban J connectivity index is 1.92. The zero-order chi connectivity index (χ0) is 12.1. The lowest BCUT2D eigenvalue weighted by Gasteiger charge is -2.16. The van der Waals surface area contributed by atoms with Gasteiger partial charge in [-0.05, 0) is 5.56 Å². The van der Waals surface area contributed by atoms with Gasteiger partial charge in [0.05, 0.1) is 6.20 Å². The molecule has 2 rings (SSSR count). The highest BCUT2D eigenvalue weighted by atomic mass is 32.1. The van der Waals surface area contributed by atoms with Gasteiger partial charge in [-0.15, -0.1) is 5.10 Å². The third kappa shape index (κ3) is 3.25. The Morgan fingerprint density at radius 1 is 1.41 bits per heavy atom. The summed E-state index contributed by atoms with van der Waals surface area (Å²) in [4.78, 5) is 13.4. The Hall–Kier alpha value is -1.95. The van der Waals surface area contributed by atoms with Gasteiger partial charge < -0.3 is 4.90 Å². The Bertz CT molecular complexity index is 471. The first kappa shape index (κ1) is 11.5. The van der Waals surface area contributed by atoms with Crippen molar-refractivity contribution in [2.75, 3.05) is 12.4 Å². The van der Waals surface area contributed by atoms with Crippen LogP contribution in [0.3, 0.4) is 0 Å². The number of hydrogen-bond donors (Lipinski definition) is 1. The predicted molar refractivity (Wildman–Crippen MR) is 66.8 cm³/mol. The van der Waals surface area contributed by atoms with Gasteiger partial charge in [0.25, 0.3) is 0 Å². The molecule has 88 valence electrons. The first-order chi connectivity index (χ1) is 8.25. The molecular formula is C11H12N4OS. The van der Waals surface area contributed by atoms with Crippen molar-refractivity contribution >= 4 is 22.6 Å². The van der Waals surface area contributed by atoms with Gasteiger partial charge in [-0.25, -0.2) is 4.79 Å². The second kappa shape index (κ2) is 5.40. The quantitative estimate of drug-likeness (QED) is 0.906. The van der Waals surface area contributed by atoms with E-state index in [1.165, 1.54) is 6.20 Å². The zero-order valence-corrected chi connectivity index (χ0v) is 10.1. The van der Waals surface area contributed by atoms with E-state index < -0.39 is 0 Å². The van der Waals surface area contributed by atoms with E-state index in [9.17, 15) is 4.79 Å². The highest BCUT2D eigenvalue weighted by Crippen LogP contribution is 2.11. The number of aromatic nitrogens is 2. The third-order valence-electron chi connectivity index (χ3n) is 2.20. The van der Waals surface area contributed by atoms with Crippen LogP contribution >= 0.6 is 11.5 Å². The summed E-state index contributed by atoms with van der Waals surface area (Å²) >= 11 is 1.16. The van der Waals surface area contributed by atoms with E-state index in [-0.39, 0.29) is 6.03 Å². The molecule has 6 heteroatoms. The summed E-state index contributed by atoms with van der Waals surface area (Å²) in [5, 5.41) is 7.02. The second-order valence-corrected chi connectivity index (χ2v) is 4.34. The number of nitrogens with one attached hydrogen (secondary N) is 1. The Morgan fingerprint density at radius 2 is 2.18 bits per heavy atom. The van der Waals surface area contributed by atoms with Crippen LogP contribution in [-0.2, 0) is 6.54 Å². The minimum atomic E-state index is -0.167. The summed E-state index contributed by atoms with van der Waals surface area (Å²) in [5.41, 5.74) is 1.09. The molecule has 1 aromatic carbocycles. The molecule has 0 spiro atoms. The molecular weight excluding hydrogens is 236 g/mol. The maximum Gasteiger partial charge on any atom is 0.322 e. The summed E-state index contributed by atoms with van der Waals surface area (Å²) in [5.74, 6) is 0. The molecule has 0 aliphatic heterocycles. The minimum absolute atomic E-state index is 0.167. The zero-order valence-electron chi connectivity index (χ0n) is 9.33. The molecule has 1 N–H and O–H groups in total. The summed E-state index contributed by atoms with van der Waals surface area (Å²) in [6.45, 7) is 0.568. The Kier molecular flexibility index (Phi) is 3.66. The molecule has 0 saturated heterocycles. The van der Waals surface area contributed by atoms with Crippen molar-refractivity contribution in [3.63, 3.8) is 0 Å². The normalized spacial score (nSPS) is 9.94. The largest absolute Gasteiger partial charge is 0.323 e. The van der Waals surface area contributed by atoms with Crippen LogP contribution < -0.4 is 5.32 Å². The third-order valence-corrected chi connectivity index (χ3v) is 2.78. The fourth-order valence-electron chi connectivity index (χ4n) is 1.35.